The molecule has 0 N–H and O–H groups in total. The Morgan fingerprint density at radius 2 is 1.96 bits per heavy atom. The molecule has 6 atom stereocenters. The summed E-state index contributed by atoms with van der Waals surface area (Å²) < 4.78 is 5.85. The largest absolute Gasteiger partial charge is 0.442 e. The number of ether oxygens (including phenoxy) is 1. The van der Waals surface area contributed by atoms with Crippen LogP contribution in [0.1, 0.15) is 65.2 Å². The quantitative estimate of drug-likeness (QED) is 0.407. The molecule has 0 amide bonds. The monoisotopic (exact) mass is 366 g/mol. The number of terminal acetylenes is 1. The van der Waals surface area contributed by atoms with Crippen LogP contribution in [-0.4, -0.2) is 17.4 Å². The Balaban J connectivity index is 1.67. The first-order valence-electron chi connectivity index (χ1n) is 10.4. The average Bonchev–Trinajstić information content (AvgIpc) is 2.95. The second kappa shape index (κ2) is 6.09. The number of carbonyl (C=O) groups is 2. The van der Waals surface area contributed by atoms with Gasteiger partial charge in [-0.2, -0.15) is 0 Å². The van der Waals surface area contributed by atoms with Crippen LogP contribution in [-0.2, 0) is 14.3 Å². The van der Waals surface area contributed by atoms with Gasteiger partial charge in [0.1, 0.15) is 0 Å². The van der Waals surface area contributed by atoms with Gasteiger partial charge in [-0.05, 0) is 74.2 Å². The average molecular weight is 367 g/mol. The van der Waals surface area contributed by atoms with Gasteiger partial charge in [-0.25, -0.2) is 4.79 Å². The third kappa shape index (κ3) is 2.42. The van der Waals surface area contributed by atoms with Crippen LogP contribution in [0.25, 0.3) is 0 Å². The van der Waals surface area contributed by atoms with Crippen molar-refractivity contribution in [1.82, 2.24) is 0 Å². The normalized spacial score (nSPS) is 45.6. The van der Waals surface area contributed by atoms with Gasteiger partial charge in [0.25, 0.3) is 0 Å². The Morgan fingerprint density at radius 3 is 2.67 bits per heavy atom. The second-order valence-electron chi connectivity index (χ2n) is 9.56. The molecule has 0 bridgehead atoms. The van der Waals surface area contributed by atoms with Crippen molar-refractivity contribution in [1.29, 1.82) is 0 Å². The summed E-state index contributed by atoms with van der Waals surface area (Å²) in [7, 11) is 0. The SMILES string of the molecule is C#C[C@]1(OC(=O)C=C)CC[C@H]2[C@@H]3CCC4=CC(=O)CC[C@]4(C)[C@H]3CC[C@@]21C. The van der Waals surface area contributed by atoms with Gasteiger partial charge in [0.15, 0.2) is 11.4 Å². The number of carbonyl (C=O) groups excluding carboxylic acids is 2. The Labute approximate surface area is 162 Å². The summed E-state index contributed by atoms with van der Waals surface area (Å²) in [6.45, 7) is 8.17. The highest BCUT2D eigenvalue weighted by Crippen LogP contribution is 2.68. The van der Waals surface area contributed by atoms with Gasteiger partial charge in [-0.15, -0.1) is 6.42 Å². The van der Waals surface area contributed by atoms with Crippen LogP contribution in [0.2, 0.25) is 0 Å². The summed E-state index contributed by atoms with van der Waals surface area (Å²) >= 11 is 0. The van der Waals surface area contributed by atoms with Crippen LogP contribution < -0.4 is 0 Å². The molecule has 0 saturated heterocycles. The summed E-state index contributed by atoms with van der Waals surface area (Å²) in [4.78, 5) is 24.0. The minimum Gasteiger partial charge on any atom is -0.442 e. The first-order valence-corrected chi connectivity index (χ1v) is 10.4. The molecule has 0 aromatic rings. The van der Waals surface area contributed by atoms with Crippen molar-refractivity contribution in [3.63, 3.8) is 0 Å². The summed E-state index contributed by atoms with van der Waals surface area (Å²) in [5.41, 5.74) is 0.539. The molecule has 4 aliphatic carbocycles. The molecular formula is C24H30O3. The molecule has 0 spiro atoms. The second-order valence-corrected chi connectivity index (χ2v) is 9.56. The highest BCUT2D eigenvalue weighted by atomic mass is 16.6. The lowest BCUT2D eigenvalue weighted by molar-refractivity contribution is -0.165. The Kier molecular flexibility index (Phi) is 4.18. The molecule has 3 saturated carbocycles. The van der Waals surface area contributed by atoms with Gasteiger partial charge in [0.2, 0.25) is 0 Å². The number of fused-ring (bicyclic) bond motifs is 5. The Bertz CT molecular complexity index is 771. The van der Waals surface area contributed by atoms with Crippen molar-refractivity contribution in [2.24, 2.45) is 28.6 Å². The van der Waals surface area contributed by atoms with Gasteiger partial charge < -0.3 is 4.74 Å². The predicted octanol–water partition coefficient (Wildman–Crippen LogP) is 4.62. The first kappa shape index (κ1) is 18.5. The van der Waals surface area contributed by atoms with Crippen LogP contribution in [0.15, 0.2) is 24.3 Å². The third-order valence-electron chi connectivity index (χ3n) is 8.76. The lowest BCUT2D eigenvalue weighted by atomic mass is 9.46. The van der Waals surface area contributed by atoms with Gasteiger partial charge in [0, 0.05) is 17.9 Å². The van der Waals surface area contributed by atoms with E-state index in [1.165, 1.54) is 11.6 Å². The zero-order valence-electron chi connectivity index (χ0n) is 16.6. The Hall–Kier alpha value is -1.82. The highest BCUT2D eigenvalue weighted by Gasteiger charge is 2.65. The number of rotatable bonds is 2. The molecule has 0 heterocycles. The fourth-order valence-corrected chi connectivity index (χ4v) is 7.21. The lowest BCUT2D eigenvalue weighted by Gasteiger charge is -2.58. The third-order valence-corrected chi connectivity index (χ3v) is 8.76. The highest BCUT2D eigenvalue weighted by molar-refractivity contribution is 5.91. The summed E-state index contributed by atoms with van der Waals surface area (Å²) in [6.07, 6.45) is 16.8. The van der Waals surface area contributed by atoms with E-state index in [0.29, 0.717) is 30.0 Å². The molecule has 3 fully saturated rings. The van der Waals surface area contributed by atoms with Crippen molar-refractivity contribution in [2.75, 3.05) is 0 Å². The number of hydrogen-bond acceptors (Lipinski definition) is 3. The van der Waals surface area contributed by atoms with E-state index in [1.807, 2.05) is 6.08 Å². The zero-order valence-corrected chi connectivity index (χ0v) is 16.6. The van der Waals surface area contributed by atoms with Crippen LogP contribution >= 0.6 is 0 Å². The molecule has 3 heteroatoms. The first-order chi connectivity index (χ1) is 12.8. The van der Waals surface area contributed by atoms with Crippen molar-refractivity contribution >= 4 is 11.8 Å². The summed E-state index contributed by atoms with van der Waals surface area (Å²) in [6, 6.07) is 0. The molecule has 0 aliphatic heterocycles. The van der Waals surface area contributed by atoms with E-state index in [2.05, 4.69) is 26.3 Å². The van der Waals surface area contributed by atoms with E-state index < -0.39 is 11.6 Å². The lowest BCUT2D eigenvalue weighted by Crippen LogP contribution is -2.55. The van der Waals surface area contributed by atoms with E-state index in [9.17, 15) is 9.59 Å². The van der Waals surface area contributed by atoms with Crippen LogP contribution in [0.3, 0.4) is 0 Å². The molecule has 27 heavy (non-hydrogen) atoms. The zero-order chi connectivity index (χ0) is 19.4. The van der Waals surface area contributed by atoms with Crippen molar-refractivity contribution < 1.29 is 14.3 Å². The topological polar surface area (TPSA) is 43.4 Å². The van der Waals surface area contributed by atoms with Crippen molar-refractivity contribution in [3.8, 4) is 12.3 Å². The van der Waals surface area contributed by atoms with Gasteiger partial charge in [0.05, 0.1) is 0 Å². The van der Waals surface area contributed by atoms with E-state index >= 15 is 0 Å². The number of esters is 1. The molecule has 0 aromatic carbocycles. The Morgan fingerprint density at radius 1 is 1.22 bits per heavy atom. The number of hydrogen-bond donors (Lipinski definition) is 0. The minimum absolute atomic E-state index is 0.150. The van der Waals surface area contributed by atoms with Crippen molar-refractivity contribution in [2.45, 2.75) is 70.8 Å². The van der Waals surface area contributed by atoms with Crippen LogP contribution in [0.5, 0.6) is 0 Å². The van der Waals surface area contributed by atoms with Crippen molar-refractivity contribution in [3.05, 3.63) is 24.3 Å². The predicted molar refractivity (Wildman–Crippen MR) is 105 cm³/mol. The van der Waals surface area contributed by atoms with Gasteiger partial charge in [-0.3, -0.25) is 4.79 Å². The summed E-state index contributed by atoms with van der Waals surface area (Å²) in [5.74, 6) is 4.46. The molecule has 0 aromatic heterocycles. The standard InChI is InChI=1S/C24H30O3/c1-5-21(26)27-24(6-2)14-11-20-18-8-7-16-15-17(25)9-12-22(16,3)19(18)10-13-23(20,24)4/h2,5,15,18-20H,1,7-14H2,3-4H3/t18-,19+,20+,22+,23+,24+/m1/s1. The maximum Gasteiger partial charge on any atom is 0.331 e. The number of allylic oxidation sites excluding steroid dienone is 1. The van der Waals surface area contributed by atoms with Crippen LogP contribution in [0.4, 0.5) is 0 Å². The molecule has 3 nitrogen and oxygen atoms in total. The van der Waals surface area contributed by atoms with Gasteiger partial charge >= 0.3 is 5.97 Å². The maximum absolute atomic E-state index is 12.0. The van der Waals surface area contributed by atoms with E-state index in [-0.39, 0.29) is 10.8 Å². The number of ketones is 1. The van der Waals surface area contributed by atoms with E-state index in [1.54, 1.807) is 0 Å². The summed E-state index contributed by atoms with van der Waals surface area (Å²) in [5, 5.41) is 0. The van der Waals surface area contributed by atoms with Gasteiger partial charge in [-0.1, -0.05) is 31.9 Å². The fourth-order valence-electron chi connectivity index (χ4n) is 7.21. The molecule has 4 rings (SSSR count). The molecule has 0 unspecified atom stereocenters. The van der Waals surface area contributed by atoms with E-state index in [4.69, 9.17) is 11.2 Å². The maximum atomic E-state index is 12.0. The minimum atomic E-state index is -0.812. The van der Waals surface area contributed by atoms with Crippen LogP contribution in [0, 0.1) is 40.9 Å². The molecule has 4 aliphatic rings. The fraction of sp³-hybridized carbons (Fsp3) is 0.667. The molecular weight excluding hydrogens is 336 g/mol. The smallest absolute Gasteiger partial charge is 0.331 e. The molecule has 144 valence electrons. The molecule has 0 radical (unpaired) electrons. The van der Waals surface area contributed by atoms with E-state index in [0.717, 1.165) is 44.9 Å².